The molecule has 1 atom stereocenters. The minimum Gasteiger partial charge on any atom is -0.500 e. The lowest BCUT2D eigenvalue weighted by atomic mass is 10.2. The van der Waals surface area contributed by atoms with Crippen molar-refractivity contribution < 1.29 is 9.53 Å². The van der Waals surface area contributed by atoms with Crippen LogP contribution < -0.4 is 5.32 Å². The zero-order chi connectivity index (χ0) is 9.68. The van der Waals surface area contributed by atoms with Gasteiger partial charge in [0.15, 0.2) is 0 Å². The number of rotatable bonds is 3. The fraction of sp³-hybridized carbons (Fsp3) is 0.500. The third kappa shape index (κ3) is 2.51. The van der Waals surface area contributed by atoms with E-state index in [9.17, 15) is 4.79 Å². The van der Waals surface area contributed by atoms with Crippen LogP contribution in [0.15, 0.2) is 11.8 Å². The summed E-state index contributed by atoms with van der Waals surface area (Å²) >= 11 is 0. The van der Waals surface area contributed by atoms with Crippen LogP contribution in [0.5, 0.6) is 0 Å². The van der Waals surface area contributed by atoms with Crippen LogP contribution in [0.1, 0.15) is 19.8 Å². The van der Waals surface area contributed by atoms with Crippen molar-refractivity contribution in [2.75, 3.05) is 6.61 Å². The lowest BCUT2D eigenvalue weighted by Crippen LogP contribution is -2.33. The van der Waals surface area contributed by atoms with Crippen LogP contribution in [0, 0.1) is 12.3 Å². The van der Waals surface area contributed by atoms with E-state index in [1.54, 1.807) is 0 Å². The Hall–Kier alpha value is -1.43. The first-order valence-corrected chi connectivity index (χ1v) is 4.35. The van der Waals surface area contributed by atoms with Crippen LogP contribution in [-0.4, -0.2) is 18.6 Å². The number of ether oxygens (including phenoxy) is 1. The van der Waals surface area contributed by atoms with Crippen LogP contribution in [0.2, 0.25) is 0 Å². The Morgan fingerprint density at radius 2 is 2.69 bits per heavy atom. The normalized spacial score (nSPS) is 16.8. The van der Waals surface area contributed by atoms with Gasteiger partial charge in [-0.3, -0.25) is 4.79 Å². The molecule has 3 heteroatoms. The van der Waals surface area contributed by atoms with Crippen molar-refractivity contribution in [3.8, 4) is 12.3 Å². The van der Waals surface area contributed by atoms with Gasteiger partial charge in [-0.2, -0.15) is 0 Å². The largest absolute Gasteiger partial charge is 0.500 e. The van der Waals surface area contributed by atoms with Crippen molar-refractivity contribution in [2.45, 2.75) is 25.8 Å². The molecule has 1 unspecified atom stereocenters. The molecular weight excluding hydrogens is 166 g/mol. The van der Waals surface area contributed by atoms with E-state index < -0.39 is 0 Å². The highest BCUT2D eigenvalue weighted by Crippen LogP contribution is 2.10. The summed E-state index contributed by atoms with van der Waals surface area (Å²) in [6.07, 6.45) is 8.13. The molecule has 0 aliphatic carbocycles. The second-order valence-corrected chi connectivity index (χ2v) is 2.86. The number of terminal acetylenes is 1. The molecule has 1 N–H and O–H groups in total. The third-order valence-electron chi connectivity index (χ3n) is 1.92. The maximum absolute atomic E-state index is 11.4. The van der Waals surface area contributed by atoms with Crippen LogP contribution >= 0.6 is 0 Å². The minimum absolute atomic E-state index is 0.109. The summed E-state index contributed by atoms with van der Waals surface area (Å²) in [4.78, 5) is 11.4. The lowest BCUT2D eigenvalue weighted by molar-refractivity contribution is -0.117. The molecule has 0 fully saturated rings. The van der Waals surface area contributed by atoms with Gasteiger partial charge >= 0.3 is 0 Å². The summed E-state index contributed by atoms with van der Waals surface area (Å²) in [5.74, 6) is 2.40. The van der Waals surface area contributed by atoms with E-state index in [2.05, 4.69) is 11.2 Å². The van der Waals surface area contributed by atoms with Crippen LogP contribution in [0.3, 0.4) is 0 Å². The predicted molar refractivity (Wildman–Crippen MR) is 49.7 cm³/mol. The molecule has 3 nitrogen and oxygen atoms in total. The topological polar surface area (TPSA) is 38.3 Å². The lowest BCUT2D eigenvalue weighted by Gasteiger charge is -2.09. The second-order valence-electron chi connectivity index (χ2n) is 2.86. The van der Waals surface area contributed by atoms with E-state index in [1.807, 2.05) is 6.92 Å². The van der Waals surface area contributed by atoms with Crippen molar-refractivity contribution >= 4 is 5.91 Å². The Morgan fingerprint density at radius 1 is 1.92 bits per heavy atom. The quantitative estimate of drug-likeness (QED) is 0.651. The monoisotopic (exact) mass is 179 g/mol. The highest BCUT2D eigenvalue weighted by atomic mass is 16.5. The Kier molecular flexibility index (Phi) is 3.39. The van der Waals surface area contributed by atoms with Crippen LogP contribution in [0.4, 0.5) is 0 Å². The molecule has 0 saturated carbocycles. The summed E-state index contributed by atoms with van der Waals surface area (Å²) in [6, 6.07) is -0.172. The first kappa shape index (κ1) is 9.66. The van der Waals surface area contributed by atoms with Crippen LogP contribution in [0.25, 0.3) is 0 Å². The molecule has 1 aliphatic rings. The van der Waals surface area contributed by atoms with Gasteiger partial charge in [0.1, 0.15) is 0 Å². The molecule has 1 amide bonds. The Balaban J connectivity index is 2.45. The number of nitrogens with one attached hydrogen (secondary N) is 1. The number of amides is 1. The van der Waals surface area contributed by atoms with Gasteiger partial charge < -0.3 is 10.1 Å². The Bertz CT molecular complexity index is 263. The number of carbonyl (C=O) groups excluding carboxylic acids is 1. The van der Waals surface area contributed by atoms with Crippen molar-refractivity contribution in [3.05, 3.63) is 11.8 Å². The SMILES string of the molecule is C#CC(CC)NC(=O)C1=COCC1. The van der Waals surface area contributed by atoms with E-state index in [0.717, 1.165) is 6.42 Å². The summed E-state index contributed by atoms with van der Waals surface area (Å²) in [7, 11) is 0. The molecule has 1 rings (SSSR count). The van der Waals surface area contributed by atoms with Gasteiger partial charge in [0.2, 0.25) is 0 Å². The van der Waals surface area contributed by atoms with E-state index in [0.29, 0.717) is 18.6 Å². The van der Waals surface area contributed by atoms with Gasteiger partial charge in [-0.05, 0) is 6.42 Å². The molecule has 1 aliphatic heterocycles. The fourth-order valence-corrected chi connectivity index (χ4v) is 1.07. The first-order chi connectivity index (χ1) is 6.27. The van der Waals surface area contributed by atoms with Crippen molar-refractivity contribution in [1.29, 1.82) is 0 Å². The van der Waals surface area contributed by atoms with E-state index in [-0.39, 0.29) is 11.9 Å². The van der Waals surface area contributed by atoms with Gasteiger partial charge in [0.05, 0.1) is 24.5 Å². The molecule has 0 spiro atoms. The van der Waals surface area contributed by atoms with E-state index >= 15 is 0 Å². The van der Waals surface area contributed by atoms with E-state index in [1.165, 1.54) is 6.26 Å². The summed E-state index contributed by atoms with van der Waals surface area (Å²) < 4.78 is 4.95. The van der Waals surface area contributed by atoms with Crippen LogP contribution in [-0.2, 0) is 9.53 Å². The van der Waals surface area contributed by atoms with Crippen molar-refractivity contribution in [1.82, 2.24) is 5.32 Å². The average Bonchev–Trinajstić information content (AvgIpc) is 2.66. The first-order valence-electron chi connectivity index (χ1n) is 4.35. The standard InChI is InChI=1S/C10H13NO2/c1-3-9(4-2)11-10(12)8-5-6-13-7-8/h1,7,9H,4-6H2,2H3,(H,11,12). The zero-order valence-electron chi connectivity index (χ0n) is 7.67. The summed E-state index contributed by atoms with van der Waals surface area (Å²) in [5.41, 5.74) is 0.675. The van der Waals surface area contributed by atoms with Gasteiger partial charge in [0, 0.05) is 6.42 Å². The number of carbonyl (C=O) groups is 1. The molecule has 0 aromatic rings. The zero-order valence-corrected chi connectivity index (χ0v) is 7.67. The average molecular weight is 179 g/mol. The minimum atomic E-state index is -0.172. The molecule has 1 heterocycles. The highest BCUT2D eigenvalue weighted by Gasteiger charge is 2.16. The van der Waals surface area contributed by atoms with Gasteiger partial charge in [-0.25, -0.2) is 0 Å². The third-order valence-corrected chi connectivity index (χ3v) is 1.92. The summed E-state index contributed by atoms with van der Waals surface area (Å²) in [6.45, 7) is 2.53. The smallest absolute Gasteiger partial charge is 0.251 e. The fourth-order valence-electron chi connectivity index (χ4n) is 1.07. The van der Waals surface area contributed by atoms with Gasteiger partial charge in [-0.15, -0.1) is 6.42 Å². The van der Waals surface area contributed by atoms with Gasteiger partial charge in [0.25, 0.3) is 5.91 Å². The second kappa shape index (κ2) is 4.56. The molecular formula is C10H13NO2. The molecule has 0 radical (unpaired) electrons. The molecule has 70 valence electrons. The predicted octanol–water partition coefficient (Wildman–Crippen LogP) is 0.819. The van der Waals surface area contributed by atoms with Gasteiger partial charge in [-0.1, -0.05) is 12.8 Å². The molecule has 13 heavy (non-hydrogen) atoms. The highest BCUT2D eigenvalue weighted by molar-refractivity contribution is 5.93. The number of hydrogen-bond donors (Lipinski definition) is 1. The molecule has 0 aromatic carbocycles. The molecule has 0 bridgehead atoms. The Morgan fingerprint density at radius 3 is 3.15 bits per heavy atom. The van der Waals surface area contributed by atoms with E-state index in [4.69, 9.17) is 11.2 Å². The maximum atomic E-state index is 11.4. The summed E-state index contributed by atoms with van der Waals surface area (Å²) in [5, 5.41) is 2.73. The van der Waals surface area contributed by atoms with Crippen molar-refractivity contribution in [3.63, 3.8) is 0 Å². The number of hydrogen-bond acceptors (Lipinski definition) is 2. The molecule has 0 aromatic heterocycles. The maximum Gasteiger partial charge on any atom is 0.251 e. The molecule has 0 saturated heterocycles. The Labute approximate surface area is 78.2 Å². The van der Waals surface area contributed by atoms with Crippen molar-refractivity contribution in [2.24, 2.45) is 0 Å².